The SMILES string of the molecule is CCOc1ccc(NC(=O)c2ccccc2NC(=O)COc2ncnc3ccccc23)cc1. The summed E-state index contributed by atoms with van der Waals surface area (Å²) in [7, 11) is 0. The van der Waals surface area contributed by atoms with Crippen LogP contribution in [0.15, 0.2) is 79.1 Å². The van der Waals surface area contributed by atoms with Crippen LogP contribution in [0.4, 0.5) is 11.4 Å². The minimum Gasteiger partial charge on any atom is -0.494 e. The number of hydrogen-bond donors (Lipinski definition) is 2. The van der Waals surface area contributed by atoms with E-state index < -0.39 is 5.91 Å². The zero-order valence-electron chi connectivity index (χ0n) is 17.9. The molecule has 0 radical (unpaired) electrons. The molecule has 0 saturated heterocycles. The lowest BCUT2D eigenvalue weighted by Crippen LogP contribution is -2.23. The predicted octanol–water partition coefficient (Wildman–Crippen LogP) is 4.30. The van der Waals surface area contributed by atoms with Gasteiger partial charge in [0.2, 0.25) is 5.88 Å². The molecule has 0 fully saturated rings. The summed E-state index contributed by atoms with van der Waals surface area (Å²) in [5.74, 6) is 0.272. The third kappa shape index (κ3) is 5.43. The van der Waals surface area contributed by atoms with Crippen molar-refractivity contribution in [2.75, 3.05) is 23.8 Å². The van der Waals surface area contributed by atoms with E-state index in [2.05, 4.69) is 20.6 Å². The highest BCUT2D eigenvalue weighted by Crippen LogP contribution is 2.22. The summed E-state index contributed by atoms with van der Waals surface area (Å²) in [6, 6.07) is 21.2. The van der Waals surface area contributed by atoms with Crippen molar-refractivity contribution < 1.29 is 19.1 Å². The van der Waals surface area contributed by atoms with E-state index in [0.717, 1.165) is 11.3 Å². The van der Waals surface area contributed by atoms with E-state index >= 15 is 0 Å². The molecule has 2 N–H and O–H groups in total. The molecule has 0 aliphatic heterocycles. The minimum absolute atomic E-state index is 0.268. The fraction of sp³-hybridized carbons (Fsp3) is 0.120. The standard InChI is InChI=1S/C25H22N4O4/c1-2-32-18-13-11-17(12-14-18)28-24(31)19-7-3-6-10-22(19)29-23(30)15-33-25-20-8-4-5-9-21(20)26-16-27-25/h3-14,16H,2,15H2,1H3,(H,28,31)(H,29,30). The van der Waals surface area contributed by atoms with Crippen LogP contribution in [0.5, 0.6) is 11.6 Å². The summed E-state index contributed by atoms with van der Waals surface area (Å²) < 4.78 is 11.0. The number of amides is 2. The topological polar surface area (TPSA) is 102 Å². The van der Waals surface area contributed by atoms with Gasteiger partial charge in [0.25, 0.3) is 11.8 Å². The van der Waals surface area contributed by atoms with E-state index in [0.29, 0.717) is 34.8 Å². The highest BCUT2D eigenvalue weighted by Gasteiger charge is 2.14. The molecule has 0 unspecified atom stereocenters. The van der Waals surface area contributed by atoms with Crippen LogP contribution >= 0.6 is 0 Å². The lowest BCUT2D eigenvalue weighted by atomic mass is 10.1. The minimum atomic E-state index is -0.418. The first-order chi connectivity index (χ1) is 16.1. The third-order valence-corrected chi connectivity index (χ3v) is 4.72. The molecule has 8 nitrogen and oxygen atoms in total. The summed E-state index contributed by atoms with van der Waals surface area (Å²) in [6.07, 6.45) is 1.39. The first kappa shape index (κ1) is 21.8. The van der Waals surface area contributed by atoms with E-state index in [1.165, 1.54) is 6.33 Å². The molecule has 0 saturated carbocycles. The van der Waals surface area contributed by atoms with Gasteiger partial charge in [-0.25, -0.2) is 9.97 Å². The maximum absolute atomic E-state index is 12.8. The molecule has 1 aromatic heterocycles. The second-order valence-corrected chi connectivity index (χ2v) is 6.99. The predicted molar refractivity (Wildman–Crippen MR) is 126 cm³/mol. The summed E-state index contributed by atoms with van der Waals surface area (Å²) in [5.41, 5.74) is 2.04. The van der Waals surface area contributed by atoms with Gasteiger partial charge in [-0.15, -0.1) is 0 Å². The number of para-hydroxylation sites is 2. The summed E-state index contributed by atoms with van der Waals surface area (Å²) >= 11 is 0. The Hall–Kier alpha value is -4.46. The van der Waals surface area contributed by atoms with Gasteiger partial charge >= 0.3 is 0 Å². The van der Waals surface area contributed by atoms with Gasteiger partial charge in [0.1, 0.15) is 12.1 Å². The number of fused-ring (bicyclic) bond motifs is 1. The Labute approximate surface area is 190 Å². The molecule has 2 amide bonds. The first-order valence-corrected chi connectivity index (χ1v) is 10.4. The number of ether oxygens (including phenoxy) is 2. The Morgan fingerprint density at radius 3 is 2.42 bits per heavy atom. The van der Waals surface area contributed by atoms with Crippen LogP contribution in [0.1, 0.15) is 17.3 Å². The molecule has 4 rings (SSSR count). The van der Waals surface area contributed by atoms with E-state index in [-0.39, 0.29) is 12.5 Å². The van der Waals surface area contributed by atoms with Crippen molar-refractivity contribution in [2.45, 2.75) is 6.92 Å². The number of nitrogens with one attached hydrogen (secondary N) is 2. The third-order valence-electron chi connectivity index (χ3n) is 4.72. The van der Waals surface area contributed by atoms with Crippen molar-refractivity contribution in [3.63, 3.8) is 0 Å². The molecule has 3 aromatic carbocycles. The number of carbonyl (C=O) groups excluding carboxylic acids is 2. The average molecular weight is 442 g/mol. The lowest BCUT2D eigenvalue weighted by molar-refractivity contribution is -0.118. The fourth-order valence-electron chi connectivity index (χ4n) is 3.21. The van der Waals surface area contributed by atoms with E-state index in [1.807, 2.05) is 31.2 Å². The number of rotatable bonds is 8. The second kappa shape index (κ2) is 10.2. The smallest absolute Gasteiger partial charge is 0.262 e. The summed E-state index contributed by atoms with van der Waals surface area (Å²) in [5, 5.41) is 6.27. The molecule has 0 atom stereocenters. The highest BCUT2D eigenvalue weighted by atomic mass is 16.5. The van der Waals surface area contributed by atoms with Crippen LogP contribution < -0.4 is 20.1 Å². The molecule has 0 bridgehead atoms. The normalized spacial score (nSPS) is 10.5. The van der Waals surface area contributed by atoms with Gasteiger partial charge in [-0.1, -0.05) is 24.3 Å². The van der Waals surface area contributed by atoms with Gasteiger partial charge in [0, 0.05) is 5.69 Å². The van der Waals surface area contributed by atoms with E-state index in [1.54, 1.807) is 48.5 Å². The van der Waals surface area contributed by atoms with Gasteiger partial charge in [0.15, 0.2) is 6.61 Å². The first-order valence-electron chi connectivity index (χ1n) is 10.4. The van der Waals surface area contributed by atoms with Crippen LogP contribution in [0, 0.1) is 0 Å². The molecule has 1 heterocycles. The number of anilines is 2. The fourth-order valence-corrected chi connectivity index (χ4v) is 3.21. The monoisotopic (exact) mass is 442 g/mol. The van der Waals surface area contributed by atoms with Crippen molar-refractivity contribution >= 4 is 34.1 Å². The van der Waals surface area contributed by atoms with Crippen molar-refractivity contribution in [2.24, 2.45) is 0 Å². The molecule has 0 aliphatic rings. The van der Waals surface area contributed by atoms with E-state index in [9.17, 15) is 9.59 Å². The largest absolute Gasteiger partial charge is 0.494 e. The van der Waals surface area contributed by atoms with Crippen LogP contribution in [0.25, 0.3) is 10.9 Å². The number of carbonyl (C=O) groups is 2. The molecular weight excluding hydrogens is 420 g/mol. The molecule has 4 aromatic rings. The number of aromatic nitrogens is 2. The maximum atomic E-state index is 12.8. The van der Waals surface area contributed by atoms with Crippen LogP contribution in [0.3, 0.4) is 0 Å². The van der Waals surface area contributed by atoms with Crippen molar-refractivity contribution in [1.29, 1.82) is 0 Å². The maximum Gasteiger partial charge on any atom is 0.262 e. The lowest BCUT2D eigenvalue weighted by Gasteiger charge is -2.12. The second-order valence-electron chi connectivity index (χ2n) is 6.99. The van der Waals surface area contributed by atoms with Gasteiger partial charge in [-0.05, 0) is 55.5 Å². The van der Waals surface area contributed by atoms with Crippen LogP contribution in [-0.2, 0) is 4.79 Å². The van der Waals surface area contributed by atoms with Crippen molar-refractivity contribution in [3.8, 4) is 11.6 Å². The zero-order chi connectivity index (χ0) is 23.0. The number of benzene rings is 3. The van der Waals surface area contributed by atoms with Gasteiger partial charge < -0.3 is 20.1 Å². The Kier molecular flexibility index (Phi) is 6.75. The Morgan fingerprint density at radius 2 is 1.61 bits per heavy atom. The van der Waals surface area contributed by atoms with Gasteiger partial charge in [0.05, 0.1) is 28.8 Å². The molecule has 0 spiro atoms. The quantitative estimate of drug-likeness (QED) is 0.422. The van der Waals surface area contributed by atoms with Gasteiger partial charge in [-0.2, -0.15) is 0 Å². The van der Waals surface area contributed by atoms with Gasteiger partial charge in [-0.3, -0.25) is 9.59 Å². The van der Waals surface area contributed by atoms with Crippen LogP contribution in [0.2, 0.25) is 0 Å². The molecule has 0 aliphatic carbocycles. The molecule has 166 valence electrons. The summed E-state index contributed by atoms with van der Waals surface area (Å²) in [6.45, 7) is 2.20. The molecule has 33 heavy (non-hydrogen) atoms. The zero-order valence-corrected chi connectivity index (χ0v) is 17.9. The molecule has 8 heteroatoms. The molecular formula is C25H22N4O4. The Balaban J connectivity index is 1.41. The average Bonchev–Trinajstić information content (AvgIpc) is 2.84. The highest BCUT2D eigenvalue weighted by molar-refractivity contribution is 6.10. The number of hydrogen-bond acceptors (Lipinski definition) is 6. The van der Waals surface area contributed by atoms with Crippen molar-refractivity contribution in [3.05, 3.63) is 84.7 Å². The number of nitrogens with zero attached hydrogens (tertiary/aromatic N) is 2. The van der Waals surface area contributed by atoms with Crippen molar-refractivity contribution in [1.82, 2.24) is 9.97 Å². The Bertz CT molecular complexity index is 1270. The Morgan fingerprint density at radius 1 is 0.848 bits per heavy atom. The van der Waals surface area contributed by atoms with Crippen LogP contribution in [-0.4, -0.2) is 35.0 Å². The van der Waals surface area contributed by atoms with E-state index in [4.69, 9.17) is 9.47 Å². The summed E-state index contributed by atoms with van der Waals surface area (Å²) in [4.78, 5) is 33.6.